The molecule has 9 heteroatoms. The lowest BCUT2D eigenvalue weighted by molar-refractivity contribution is -0.141. The van der Waals surface area contributed by atoms with Gasteiger partial charge in [-0.2, -0.15) is 18.3 Å². The predicted molar refractivity (Wildman–Crippen MR) is 109 cm³/mol. The second-order valence-corrected chi connectivity index (χ2v) is 7.09. The first-order valence-corrected chi connectivity index (χ1v) is 9.43. The van der Waals surface area contributed by atoms with Crippen molar-refractivity contribution in [1.29, 1.82) is 0 Å². The highest BCUT2D eigenvalue weighted by atomic mass is 19.4. The van der Waals surface area contributed by atoms with E-state index in [0.717, 1.165) is 27.3 Å². The van der Waals surface area contributed by atoms with Crippen LogP contribution in [0.25, 0.3) is 16.6 Å². The average molecular weight is 425 g/mol. The van der Waals surface area contributed by atoms with Gasteiger partial charge >= 0.3 is 6.18 Å². The molecule has 4 aromatic rings. The number of aromatic nitrogens is 4. The molecule has 0 unspecified atom stereocenters. The van der Waals surface area contributed by atoms with Crippen molar-refractivity contribution in [2.75, 3.05) is 7.05 Å². The fourth-order valence-electron chi connectivity index (χ4n) is 3.25. The Bertz CT molecular complexity index is 1250. The Labute approximate surface area is 176 Å². The zero-order valence-electron chi connectivity index (χ0n) is 16.8. The average Bonchev–Trinajstić information content (AvgIpc) is 3.24. The maximum atomic E-state index is 12.8. The Hall–Kier alpha value is -3.75. The number of nitrogens with zero attached hydrogens (tertiary/aromatic N) is 5. The van der Waals surface area contributed by atoms with Crippen LogP contribution in [0.4, 0.5) is 13.2 Å². The van der Waals surface area contributed by atoms with Crippen LogP contribution < -0.4 is 0 Å². The number of hydrogen-bond acceptors (Lipinski definition) is 4. The highest BCUT2D eigenvalue weighted by Gasteiger charge is 2.33. The van der Waals surface area contributed by atoms with Crippen LogP contribution in [-0.2, 0) is 12.7 Å². The molecule has 0 radical (unpaired) electrons. The molecule has 31 heavy (non-hydrogen) atoms. The third-order valence-corrected chi connectivity index (χ3v) is 4.82. The van der Waals surface area contributed by atoms with E-state index in [4.69, 9.17) is 0 Å². The van der Waals surface area contributed by atoms with Crippen molar-refractivity contribution >= 4 is 16.8 Å². The lowest BCUT2D eigenvalue weighted by Crippen LogP contribution is -2.27. The number of carbonyl (C=O) groups excluding carboxylic acids is 1. The lowest BCUT2D eigenvalue weighted by atomic mass is 10.2. The Balaban J connectivity index is 1.50. The summed E-state index contributed by atoms with van der Waals surface area (Å²) >= 11 is 0. The second-order valence-electron chi connectivity index (χ2n) is 7.09. The maximum Gasteiger partial charge on any atom is 0.435 e. The van der Waals surface area contributed by atoms with Crippen LogP contribution in [0.2, 0.25) is 0 Å². The van der Waals surface area contributed by atoms with Gasteiger partial charge in [0.2, 0.25) is 0 Å². The van der Waals surface area contributed by atoms with E-state index in [1.54, 1.807) is 31.3 Å². The minimum absolute atomic E-state index is 0.223. The van der Waals surface area contributed by atoms with Crippen LogP contribution in [0.3, 0.4) is 0 Å². The second kappa shape index (κ2) is 7.82. The van der Waals surface area contributed by atoms with Crippen LogP contribution >= 0.6 is 0 Å². The number of carbonyl (C=O) groups is 1. The summed E-state index contributed by atoms with van der Waals surface area (Å²) in [5.74, 6) is 0.275. The molecular weight excluding hydrogens is 407 g/mol. The number of amides is 1. The van der Waals surface area contributed by atoms with E-state index < -0.39 is 11.9 Å². The van der Waals surface area contributed by atoms with E-state index in [2.05, 4.69) is 15.1 Å². The molecule has 2 aromatic heterocycles. The third kappa shape index (κ3) is 4.25. The highest BCUT2D eigenvalue weighted by molar-refractivity contribution is 5.94. The van der Waals surface area contributed by atoms with Gasteiger partial charge in [0.05, 0.1) is 17.7 Å². The molecule has 0 spiro atoms. The predicted octanol–water partition coefficient (Wildman–Crippen LogP) is 4.41. The molecule has 2 heterocycles. The highest BCUT2D eigenvalue weighted by Crippen LogP contribution is 2.28. The normalized spacial score (nSPS) is 11.6. The molecule has 0 atom stereocenters. The first-order chi connectivity index (χ1) is 14.7. The van der Waals surface area contributed by atoms with Crippen LogP contribution in [-0.4, -0.2) is 37.6 Å². The van der Waals surface area contributed by atoms with Crippen molar-refractivity contribution < 1.29 is 18.0 Å². The van der Waals surface area contributed by atoms with E-state index >= 15 is 0 Å². The summed E-state index contributed by atoms with van der Waals surface area (Å²) in [6.07, 6.45) is -3.28. The number of aryl methyl sites for hydroxylation is 1. The molecule has 2 aromatic carbocycles. The van der Waals surface area contributed by atoms with Gasteiger partial charge in [-0.25, -0.2) is 14.6 Å². The molecular formula is C22H18F3N5O. The number of benzene rings is 2. The van der Waals surface area contributed by atoms with E-state index in [9.17, 15) is 18.0 Å². The summed E-state index contributed by atoms with van der Waals surface area (Å²) < 4.78 is 39.3. The number of hydrogen-bond donors (Lipinski definition) is 0. The fourth-order valence-corrected chi connectivity index (χ4v) is 3.25. The minimum Gasteiger partial charge on any atom is -0.334 e. The summed E-state index contributed by atoms with van der Waals surface area (Å²) in [6.45, 7) is 2.12. The first kappa shape index (κ1) is 20.5. The molecule has 0 N–H and O–H groups in total. The number of halogens is 3. The number of para-hydroxylation sites is 1. The van der Waals surface area contributed by atoms with Crippen LogP contribution in [0.5, 0.6) is 0 Å². The van der Waals surface area contributed by atoms with Gasteiger partial charge in [0.1, 0.15) is 5.82 Å². The number of rotatable bonds is 4. The molecule has 6 nitrogen and oxygen atoms in total. The van der Waals surface area contributed by atoms with E-state index in [0.29, 0.717) is 17.1 Å². The van der Waals surface area contributed by atoms with Gasteiger partial charge in [-0.1, -0.05) is 18.2 Å². The molecule has 0 saturated carbocycles. The van der Waals surface area contributed by atoms with Crippen LogP contribution in [0.1, 0.15) is 27.6 Å². The van der Waals surface area contributed by atoms with Crippen molar-refractivity contribution in [2.24, 2.45) is 0 Å². The maximum absolute atomic E-state index is 12.8. The standard InChI is InChI=1S/C22H18F3N5O/c1-14-17-5-3-4-6-18(17)27-20(26-14)13-29(2)21(31)15-7-9-16(10-8-15)30-12-11-19(28-30)22(23,24)25/h3-12H,13H2,1-2H3. The zero-order chi connectivity index (χ0) is 22.2. The lowest BCUT2D eigenvalue weighted by Gasteiger charge is -2.17. The van der Waals surface area contributed by atoms with Gasteiger partial charge in [0.15, 0.2) is 5.69 Å². The van der Waals surface area contributed by atoms with Crippen molar-refractivity contribution in [2.45, 2.75) is 19.6 Å². The van der Waals surface area contributed by atoms with Gasteiger partial charge < -0.3 is 4.90 Å². The first-order valence-electron chi connectivity index (χ1n) is 9.43. The zero-order valence-corrected chi connectivity index (χ0v) is 16.8. The quantitative estimate of drug-likeness (QED) is 0.486. The number of fused-ring (bicyclic) bond motifs is 1. The fraction of sp³-hybridized carbons (Fsp3) is 0.182. The molecule has 4 rings (SSSR count). The third-order valence-electron chi connectivity index (χ3n) is 4.82. The van der Waals surface area contributed by atoms with E-state index in [1.165, 1.54) is 11.1 Å². The van der Waals surface area contributed by atoms with Crippen molar-refractivity contribution in [3.8, 4) is 5.69 Å². The summed E-state index contributed by atoms with van der Waals surface area (Å²) in [6, 6.07) is 14.8. The summed E-state index contributed by atoms with van der Waals surface area (Å²) in [4.78, 5) is 23.3. The van der Waals surface area contributed by atoms with Crippen molar-refractivity contribution in [3.63, 3.8) is 0 Å². The smallest absolute Gasteiger partial charge is 0.334 e. The molecule has 0 aliphatic heterocycles. The van der Waals surface area contributed by atoms with E-state index in [-0.39, 0.29) is 12.5 Å². The summed E-state index contributed by atoms with van der Waals surface area (Å²) in [7, 11) is 1.65. The van der Waals surface area contributed by atoms with Gasteiger partial charge in [-0.05, 0) is 43.3 Å². The van der Waals surface area contributed by atoms with E-state index in [1.807, 2.05) is 31.2 Å². The summed E-state index contributed by atoms with van der Waals surface area (Å²) in [5, 5.41) is 4.49. The van der Waals surface area contributed by atoms with Gasteiger partial charge in [-0.3, -0.25) is 4.79 Å². The molecule has 0 fully saturated rings. The van der Waals surface area contributed by atoms with Crippen LogP contribution in [0.15, 0.2) is 60.8 Å². The minimum atomic E-state index is -4.51. The topological polar surface area (TPSA) is 63.9 Å². The Morgan fingerprint density at radius 3 is 2.42 bits per heavy atom. The summed E-state index contributed by atoms with van der Waals surface area (Å²) in [5.41, 5.74) is 1.49. The van der Waals surface area contributed by atoms with Crippen molar-refractivity contribution in [1.82, 2.24) is 24.6 Å². The Kier molecular flexibility index (Phi) is 5.18. The molecule has 0 aliphatic carbocycles. The molecule has 0 saturated heterocycles. The molecule has 0 bridgehead atoms. The van der Waals surface area contributed by atoms with Gasteiger partial charge in [-0.15, -0.1) is 0 Å². The van der Waals surface area contributed by atoms with Crippen molar-refractivity contribution in [3.05, 3.63) is 83.6 Å². The SMILES string of the molecule is Cc1nc(CN(C)C(=O)c2ccc(-n3ccc(C(F)(F)F)n3)cc2)nc2ccccc12. The van der Waals surface area contributed by atoms with Crippen LogP contribution in [0, 0.1) is 6.92 Å². The molecule has 0 aliphatic rings. The largest absolute Gasteiger partial charge is 0.435 e. The number of alkyl halides is 3. The Morgan fingerprint density at radius 2 is 1.74 bits per heavy atom. The Morgan fingerprint density at radius 1 is 1.03 bits per heavy atom. The van der Waals surface area contributed by atoms with Gasteiger partial charge in [0.25, 0.3) is 5.91 Å². The molecule has 1 amide bonds. The molecule has 158 valence electrons. The van der Waals surface area contributed by atoms with Gasteiger partial charge in [0, 0.05) is 29.9 Å². The monoisotopic (exact) mass is 425 g/mol.